The number of carbonyl (C=O) groups excluding carboxylic acids is 1. The first kappa shape index (κ1) is 19.7. The van der Waals surface area contributed by atoms with Gasteiger partial charge in [-0.2, -0.15) is 0 Å². The largest absolute Gasteiger partial charge is 0.506 e. The lowest BCUT2D eigenvalue weighted by molar-refractivity contribution is -0.135. The Morgan fingerprint density at radius 2 is 1.86 bits per heavy atom. The number of carbonyl (C=O) groups is 2. The van der Waals surface area contributed by atoms with E-state index < -0.39 is 59.1 Å². The second-order valence-corrected chi connectivity index (χ2v) is 5.75. The second-order valence-electron chi connectivity index (χ2n) is 5.75. The van der Waals surface area contributed by atoms with E-state index in [2.05, 4.69) is 4.98 Å². The first-order valence-electron chi connectivity index (χ1n) is 8.10. The number of carboxylic acid groups (broad SMARTS) is 1. The van der Waals surface area contributed by atoms with Crippen LogP contribution in [0.1, 0.15) is 15.9 Å². The van der Waals surface area contributed by atoms with E-state index in [9.17, 15) is 28.3 Å². The maximum atomic E-state index is 13.8. The highest BCUT2D eigenvalue weighted by Gasteiger charge is 2.24. The van der Waals surface area contributed by atoms with E-state index in [1.807, 2.05) is 5.32 Å². The lowest BCUT2D eigenvalue weighted by atomic mass is 10.1. The zero-order valence-corrected chi connectivity index (χ0v) is 14.6. The summed E-state index contributed by atoms with van der Waals surface area (Å²) >= 11 is 0. The van der Waals surface area contributed by atoms with Crippen LogP contribution in [0.15, 0.2) is 41.3 Å². The predicted octanol–water partition coefficient (Wildman–Crippen LogP) is 0.824. The number of hydrogen-bond donors (Lipinski definition) is 3. The third kappa shape index (κ3) is 3.83. The first-order valence-corrected chi connectivity index (χ1v) is 8.10. The molecule has 0 atom stereocenters. The maximum absolute atomic E-state index is 13.8. The van der Waals surface area contributed by atoms with Crippen molar-refractivity contribution in [1.82, 2.24) is 15.0 Å². The summed E-state index contributed by atoms with van der Waals surface area (Å²) in [7, 11) is 0. The van der Waals surface area contributed by atoms with Crippen molar-refractivity contribution in [2.45, 2.75) is 6.61 Å². The van der Waals surface area contributed by atoms with Crippen LogP contribution in [0.3, 0.4) is 0 Å². The molecule has 0 aliphatic heterocycles. The summed E-state index contributed by atoms with van der Waals surface area (Å²) < 4.78 is 28.2. The number of benzene rings is 1. The van der Waals surface area contributed by atoms with Gasteiger partial charge >= 0.3 is 11.5 Å². The van der Waals surface area contributed by atoms with Gasteiger partial charge in [-0.1, -0.05) is 6.07 Å². The minimum absolute atomic E-state index is 0.0680. The summed E-state index contributed by atoms with van der Waals surface area (Å²) in [6, 6.07) is 5.90. The Morgan fingerprint density at radius 1 is 1.17 bits per heavy atom. The number of halogens is 2. The molecule has 0 saturated carbocycles. The Morgan fingerprint density at radius 3 is 2.52 bits per heavy atom. The topological polar surface area (TPSA) is 131 Å². The Bertz CT molecular complexity index is 1160. The number of pyridine rings is 2. The molecule has 11 heteroatoms. The van der Waals surface area contributed by atoms with Crippen LogP contribution in [-0.2, 0) is 11.4 Å². The van der Waals surface area contributed by atoms with Crippen molar-refractivity contribution in [1.29, 1.82) is 0 Å². The van der Waals surface area contributed by atoms with E-state index in [4.69, 9.17) is 9.94 Å². The number of aliphatic carboxylic acids is 1. The van der Waals surface area contributed by atoms with Crippen LogP contribution in [0.25, 0.3) is 11.0 Å². The van der Waals surface area contributed by atoms with Gasteiger partial charge in [0, 0.05) is 6.20 Å². The maximum Gasteiger partial charge on any atom is 0.322 e. The molecular weight excluding hydrogens is 392 g/mol. The molecule has 1 amide bonds. The summed E-state index contributed by atoms with van der Waals surface area (Å²) in [5.41, 5.74) is -2.66. The molecule has 9 nitrogen and oxygen atoms in total. The van der Waals surface area contributed by atoms with Crippen LogP contribution in [0.2, 0.25) is 0 Å². The fourth-order valence-corrected chi connectivity index (χ4v) is 2.55. The molecular formula is C18H13F2N3O6. The minimum atomic E-state index is -1.37. The van der Waals surface area contributed by atoms with Gasteiger partial charge in [-0.05, 0) is 24.3 Å². The minimum Gasteiger partial charge on any atom is -0.506 e. The van der Waals surface area contributed by atoms with Crippen molar-refractivity contribution in [3.8, 4) is 5.75 Å². The normalized spacial score (nSPS) is 10.7. The molecule has 2 aromatic heterocycles. The van der Waals surface area contributed by atoms with Crippen molar-refractivity contribution < 1.29 is 33.4 Å². The van der Waals surface area contributed by atoms with E-state index in [1.165, 1.54) is 18.3 Å². The average molecular weight is 405 g/mol. The summed E-state index contributed by atoms with van der Waals surface area (Å²) in [6.45, 7) is -1.52. The van der Waals surface area contributed by atoms with Gasteiger partial charge in [-0.3, -0.25) is 14.4 Å². The van der Waals surface area contributed by atoms with E-state index in [0.29, 0.717) is 4.73 Å². The molecule has 3 rings (SSSR count). The Hall–Kier alpha value is -4.02. The Balaban J connectivity index is 2.09. The van der Waals surface area contributed by atoms with Gasteiger partial charge < -0.3 is 20.4 Å². The second kappa shape index (κ2) is 7.92. The number of aromatic nitrogens is 2. The van der Waals surface area contributed by atoms with Crippen molar-refractivity contribution in [2.24, 2.45) is 0 Å². The van der Waals surface area contributed by atoms with Crippen molar-refractivity contribution >= 4 is 22.9 Å². The molecule has 3 N–H and O–H groups in total. The number of aromatic hydroxyl groups is 1. The Labute approximate surface area is 160 Å². The standard InChI is InChI=1S/C18H13F2N3O6/c19-11-4-1-5-12(20)10(11)8-29-23-16-9(3-2-6-21-16)15(26)14(18(23)28)17(27)22-7-13(24)25/h1-6,26H,7-8H2,(H,22,27)(H,24,25). The van der Waals surface area contributed by atoms with Gasteiger partial charge in [0.05, 0.1) is 10.9 Å². The van der Waals surface area contributed by atoms with Crippen LogP contribution in [-0.4, -0.2) is 38.3 Å². The number of amides is 1. The molecule has 2 heterocycles. The molecule has 3 aromatic rings. The number of fused-ring (bicyclic) bond motifs is 1. The van der Waals surface area contributed by atoms with Crippen molar-refractivity contribution in [3.05, 3.63) is 69.6 Å². The van der Waals surface area contributed by atoms with Crippen LogP contribution < -0.4 is 15.7 Å². The van der Waals surface area contributed by atoms with E-state index in [-0.39, 0.29) is 11.0 Å². The van der Waals surface area contributed by atoms with E-state index in [0.717, 1.165) is 18.2 Å². The van der Waals surface area contributed by atoms with Crippen LogP contribution in [0, 0.1) is 11.6 Å². The third-order valence-electron chi connectivity index (χ3n) is 3.90. The van der Waals surface area contributed by atoms with Gasteiger partial charge in [0.2, 0.25) is 0 Å². The summed E-state index contributed by atoms with van der Waals surface area (Å²) in [4.78, 5) is 44.7. The molecule has 0 aliphatic carbocycles. The highest BCUT2D eigenvalue weighted by Crippen LogP contribution is 2.24. The van der Waals surface area contributed by atoms with Crippen molar-refractivity contribution in [3.63, 3.8) is 0 Å². The van der Waals surface area contributed by atoms with Gasteiger partial charge in [-0.15, -0.1) is 4.73 Å². The van der Waals surface area contributed by atoms with Gasteiger partial charge in [0.15, 0.2) is 11.2 Å². The molecule has 150 valence electrons. The molecule has 0 fully saturated rings. The smallest absolute Gasteiger partial charge is 0.322 e. The van der Waals surface area contributed by atoms with Gasteiger partial charge in [-0.25, -0.2) is 13.8 Å². The lowest BCUT2D eigenvalue weighted by Gasteiger charge is -2.15. The van der Waals surface area contributed by atoms with Gasteiger partial charge in [0.25, 0.3) is 5.91 Å². The number of rotatable bonds is 6. The molecule has 0 radical (unpaired) electrons. The van der Waals surface area contributed by atoms with Crippen molar-refractivity contribution in [2.75, 3.05) is 6.54 Å². The van der Waals surface area contributed by atoms with E-state index >= 15 is 0 Å². The molecule has 1 aromatic carbocycles. The zero-order chi connectivity index (χ0) is 21.1. The van der Waals surface area contributed by atoms with E-state index in [1.54, 1.807) is 0 Å². The number of hydrogen-bond acceptors (Lipinski definition) is 6. The lowest BCUT2D eigenvalue weighted by Crippen LogP contribution is -2.38. The zero-order valence-electron chi connectivity index (χ0n) is 14.6. The van der Waals surface area contributed by atoms with Gasteiger partial charge in [0.1, 0.15) is 30.5 Å². The SMILES string of the molecule is O=C(O)CNC(=O)c1c(O)c2cccnc2n(OCc2c(F)cccc2F)c1=O. The highest BCUT2D eigenvalue weighted by atomic mass is 19.1. The predicted molar refractivity (Wildman–Crippen MR) is 94.3 cm³/mol. The number of nitrogens with zero attached hydrogens (tertiary/aromatic N) is 2. The third-order valence-corrected chi connectivity index (χ3v) is 3.90. The fraction of sp³-hybridized carbons (Fsp3) is 0.111. The quantitative estimate of drug-likeness (QED) is 0.553. The summed E-state index contributed by atoms with van der Waals surface area (Å²) in [5, 5.41) is 20.9. The number of nitrogens with one attached hydrogen (secondary N) is 1. The first-order chi connectivity index (χ1) is 13.8. The highest BCUT2D eigenvalue weighted by molar-refractivity contribution is 6.02. The van der Waals surface area contributed by atoms with Crippen LogP contribution in [0.4, 0.5) is 8.78 Å². The monoisotopic (exact) mass is 405 g/mol. The molecule has 0 unspecified atom stereocenters. The molecule has 0 spiro atoms. The van der Waals surface area contributed by atoms with Crippen LogP contribution >= 0.6 is 0 Å². The average Bonchev–Trinajstić information content (AvgIpc) is 2.68. The molecule has 0 aliphatic rings. The molecule has 0 bridgehead atoms. The molecule has 29 heavy (non-hydrogen) atoms. The fourth-order valence-electron chi connectivity index (χ4n) is 2.55. The summed E-state index contributed by atoms with van der Waals surface area (Å²) in [5.74, 6) is -5.10. The number of carboxylic acids is 1. The van der Waals surface area contributed by atoms with Crippen LogP contribution in [0.5, 0.6) is 5.75 Å². The molecule has 0 saturated heterocycles. The summed E-state index contributed by atoms with van der Waals surface area (Å²) in [6.07, 6.45) is 1.27. The Kier molecular flexibility index (Phi) is 5.39.